The number of carbonyl (C=O) groups excluding carboxylic acids is 1. The minimum atomic E-state index is -1.54. The molecule has 0 fully saturated rings. The van der Waals surface area contributed by atoms with Crippen LogP contribution < -0.4 is 0 Å². The summed E-state index contributed by atoms with van der Waals surface area (Å²) < 4.78 is 13.0. The lowest BCUT2D eigenvalue weighted by Crippen LogP contribution is -2.09. The topological polar surface area (TPSA) is 34.1 Å². The van der Waals surface area contributed by atoms with Crippen LogP contribution in [0.2, 0.25) is 0 Å². The van der Waals surface area contributed by atoms with Crippen LogP contribution in [0.15, 0.2) is 101 Å². The second-order valence-corrected chi connectivity index (χ2v) is 6.64. The Morgan fingerprint density at radius 2 is 1.21 bits per heavy atom. The highest BCUT2D eigenvalue weighted by Crippen LogP contribution is 2.21. The fourth-order valence-electron chi connectivity index (χ4n) is 2.31. The Labute approximate surface area is 143 Å². The van der Waals surface area contributed by atoms with Gasteiger partial charge in [0.2, 0.25) is 5.78 Å². The first-order valence-electron chi connectivity index (χ1n) is 7.59. The summed E-state index contributed by atoms with van der Waals surface area (Å²) in [5.74, 6) is -0.221. The van der Waals surface area contributed by atoms with E-state index in [1.54, 1.807) is 42.5 Å². The monoisotopic (exact) mass is 332 g/mol. The van der Waals surface area contributed by atoms with Crippen molar-refractivity contribution in [3.63, 3.8) is 0 Å². The lowest BCUT2D eigenvalue weighted by atomic mass is 10.1. The number of benzene rings is 3. The predicted molar refractivity (Wildman–Crippen MR) is 98.0 cm³/mol. The molecule has 3 rings (SSSR count). The maximum absolute atomic E-state index is 13.0. The zero-order valence-corrected chi connectivity index (χ0v) is 13.8. The van der Waals surface area contributed by atoms with Crippen LogP contribution in [0.5, 0.6) is 0 Å². The summed E-state index contributed by atoms with van der Waals surface area (Å²) in [7, 11) is -1.54. The van der Waals surface area contributed by atoms with Gasteiger partial charge in [0.05, 0.1) is 15.7 Å². The molecule has 3 heteroatoms. The number of carbonyl (C=O) groups is 1. The van der Waals surface area contributed by atoms with Gasteiger partial charge in [0.25, 0.3) is 0 Å². The van der Waals surface area contributed by atoms with Crippen molar-refractivity contribution in [3.8, 4) is 0 Å². The molecule has 0 N–H and O–H groups in total. The molecule has 1 atom stereocenters. The fraction of sp³-hybridized carbons (Fsp3) is 0. The van der Waals surface area contributed by atoms with Gasteiger partial charge in [0.1, 0.15) is 0 Å². The first-order valence-corrected chi connectivity index (χ1v) is 8.74. The summed E-state index contributed by atoms with van der Waals surface area (Å²) in [6.45, 7) is 0. The van der Waals surface area contributed by atoms with E-state index in [0.29, 0.717) is 10.5 Å². The molecular weight excluding hydrogens is 316 g/mol. The van der Waals surface area contributed by atoms with Crippen LogP contribution in [0.4, 0.5) is 0 Å². The molecule has 3 aromatic rings. The molecule has 0 heterocycles. The number of allylic oxidation sites excluding steroid dienone is 1. The van der Waals surface area contributed by atoms with Crippen LogP contribution in [-0.2, 0) is 10.8 Å². The van der Waals surface area contributed by atoms with E-state index in [4.69, 9.17) is 0 Å². The summed E-state index contributed by atoms with van der Waals surface area (Å²) in [5, 5.41) is 0. The highest BCUT2D eigenvalue weighted by Gasteiger charge is 2.20. The summed E-state index contributed by atoms with van der Waals surface area (Å²) >= 11 is 0. The van der Waals surface area contributed by atoms with Gasteiger partial charge in [0, 0.05) is 10.5 Å². The maximum atomic E-state index is 13.0. The highest BCUT2D eigenvalue weighted by atomic mass is 32.2. The average Bonchev–Trinajstić information content (AvgIpc) is 2.67. The second kappa shape index (κ2) is 7.66. The van der Waals surface area contributed by atoms with Gasteiger partial charge < -0.3 is 0 Å². The van der Waals surface area contributed by atoms with Crippen molar-refractivity contribution in [1.82, 2.24) is 0 Å². The molecule has 0 spiro atoms. The Kier molecular flexibility index (Phi) is 5.14. The van der Waals surface area contributed by atoms with E-state index in [9.17, 15) is 9.00 Å². The number of hydrogen-bond acceptors (Lipinski definition) is 2. The molecule has 0 aliphatic carbocycles. The van der Waals surface area contributed by atoms with Crippen molar-refractivity contribution in [2.45, 2.75) is 4.90 Å². The molecule has 0 aromatic heterocycles. The van der Waals surface area contributed by atoms with Gasteiger partial charge in [-0.3, -0.25) is 4.79 Å². The minimum Gasteiger partial charge on any atom is -0.288 e. The smallest absolute Gasteiger partial charge is 0.202 e. The van der Waals surface area contributed by atoms with E-state index < -0.39 is 10.8 Å². The lowest BCUT2D eigenvalue weighted by molar-refractivity contribution is 0.104. The van der Waals surface area contributed by atoms with Crippen molar-refractivity contribution < 1.29 is 9.00 Å². The summed E-state index contributed by atoms with van der Waals surface area (Å²) in [6, 6.07) is 27.5. The molecule has 0 saturated carbocycles. The molecule has 0 saturated heterocycles. The largest absolute Gasteiger partial charge is 0.288 e. The van der Waals surface area contributed by atoms with Crippen LogP contribution in [0.25, 0.3) is 6.08 Å². The molecule has 1 unspecified atom stereocenters. The summed E-state index contributed by atoms with van der Waals surface area (Å²) in [6.07, 6.45) is 1.71. The normalized spacial score (nSPS) is 12.6. The van der Waals surface area contributed by atoms with Crippen LogP contribution in [-0.4, -0.2) is 9.99 Å². The molecule has 0 aliphatic rings. The van der Waals surface area contributed by atoms with Gasteiger partial charge in [0.15, 0.2) is 0 Å². The number of Topliss-reactive ketones (excluding diaryl/α,β-unsaturated/α-hetero) is 1. The summed E-state index contributed by atoms with van der Waals surface area (Å²) in [5.41, 5.74) is 1.38. The Balaban J connectivity index is 2.06. The molecule has 0 radical (unpaired) electrons. The lowest BCUT2D eigenvalue weighted by Gasteiger charge is -2.08. The standard InChI is InChI=1S/C21H16O2S/c22-21(18-12-6-2-7-13-18)20(16-17-10-4-1-5-11-17)24(23)19-14-8-3-9-15-19/h1-16H/b20-16+. The Morgan fingerprint density at radius 1 is 0.708 bits per heavy atom. The van der Waals surface area contributed by atoms with Crippen LogP contribution in [0.3, 0.4) is 0 Å². The average molecular weight is 332 g/mol. The zero-order chi connectivity index (χ0) is 16.8. The van der Waals surface area contributed by atoms with Gasteiger partial charge in [-0.05, 0) is 23.8 Å². The van der Waals surface area contributed by atoms with Crippen molar-refractivity contribution >= 4 is 22.7 Å². The van der Waals surface area contributed by atoms with E-state index in [0.717, 1.165) is 5.56 Å². The van der Waals surface area contributed by atoms with Crippen LogP contribution in [0.1, 0.15) is 15.9 Å². The van der Waals surface area contributed by atoms with E-state index >= 15 is 0 Å². The Hall–Kier alpha value is -2.78. The van der Waals surface area contributed by atoms with Crippen molar-refractivity contribution in [3.05, 3.63) is 107 Å². The molecule has 24 heavy (non-hydrogen) atoms. The fourth-order valence-corrected chi connectivity index (χ4v) is 3.49. The summed E-state index contributed by atoms with van der Waals surface area (Å²) in [4.78, 5) is 13.8. The van der Waals surface area contributed by atoms with Crippen LogP contribution in [0, 0.1) is 0 Å². The molecule has 118 valence electrons. The first-order chi connectivity index (χ1) is 11.8. The van der Waals surface area contributed by atoms with Gasteiger partial charge in [-0.25, -0.2) is 4.21 Å². The molecule has 0 bridgehead atoms. The number of hydrogen-bond donors (Lipinski definition) is 0. The molecular formula is C21H16O2S. The predicted octanol–water partition coefficient (Wildman–Crippen LogP) is 4.72. The third-order valence-electron chi connectivity index (χ3n) is 3.51. The van der Waals surface area contributed by atoms with E-state index in [2.05, 4.69) is 0 Å². The second-order valence-electron chi connectivity index (χ2n) is 5.20. The van der Waals surface area contributed by atoms with Gasteiger partial charge in [-0.15, -0.1) is 0 Å². The van der Waals surface area contributed by atoms with Gasteiger partial charge >= 0.3 is 0 Å². The third kappa shape index (κ3) is 3.76. The van der Waals surface area contributed by atoms with E-state index in [-0.39, 0.29) is 10.7 Å². The molecule has 3 aromatic carbocycles. The first kappa shape index (κ1) is 16.1. The minimum absolute atomic E-state index is 0.221. The Bertz CT molecular complexity index is 816. The van der Waals surface area contributed by atoms with Crippen molar-refractivity contribution in [1.29, 1.82) is 0 Å². The zero-order valence-electron chi connectivity index (χ0n) is 13.0. The number of rotatable bonds is 5. The molecule has 2 nitrogen and oxygen atoms in total. The number of ketones is 1. The van der Waals surface area contributed by atoms with Gasteiger partial charge in [-0.2, -0.15) is 0 Å². The highest BCUT2D eigenvalue weighted by molar-refractivity contribution is 7.90. The van der Waals surface area contributed by atoms with Crippen molar-refractivity contribution in [2.75, 3.05) is 0 Å². The Morgan fingerprint density at radius 3 is 1.79 bits per heavy atom. The van der Waals surface area contributed by atoms with E-state index in [1.165, 1.54) is 0 Å². The third-order valence-corrected chi connectivity index (χ3v) is 4.92. The molecule has 0 aliphatic heterocycles. The van der Waals surface area contributed by atoms with Gasteiger partial charge in [-0.1, -0.05) is 78.9 Å². The molecule has 0 amide bonds. The van der Waals surface area contributed by atoms with Crippen molar-refractivity contribution in [2.24, 2.45) is 0 Å². The quantitative estimate of drug-likeness (QED) is 0.500. The maximum Gasteiger partial charge on any atom is 0.202 e. The van der Waals surface area contributed by atoms with Crippen LogP contribution >= 0.6 is 0 Å². The van der Waals surface area contributed by atoms with E-state index in [1.807, 2.05) is 54.6 Å². The SMILES string of the molecule is O=C(/C(=C\c1ccccc1)S(=O)c1ccccc1)c1ccccc1.